The molecule has 0 aliphatic carbocycles. The fraction of sp³-hybridized carbons (Fsp3) is 0. The van der Waals surface area contributed by atoms with Crippen LogP contribution in [-0.2, 0) is 0 Å². The molecule has 0 unspecified atom stereocenters. The van der Waals surface area contributed by atoms with Crippen molar-refractivity contribution in [3.8, 4) is 11.4 Å². The number of aromatic nitrogens is 2. The molecule has 0 spiro atoms. The summed E-state index contributed by atoms with van der Waals surface area (Å²) in [5.74, 6) is 0. The Bertz CT molecular complexity index is 5330. The number of para-hydroxylation sites is 4. The van der Waals surface area contributed by atoms with E-state index in [0.29, 0.717) is 0 Å². The highest BCUT2D eigenvalue weighted by atomic mass is 16.3. The van der Waals surface area contributed by atoms with Gasteiger partial charge in [0.1, 0.15) is 22.3 Å². The fourth-order valence-electron chi connectivity index (χ4n) is 13.8. The van der Waals surface area contributed by atoms with Gasteiger partial charge in [0.25, 0.3) is 0 Å². The maximum atomic E-state index is 6.89. The average molecular weight is 1070 g/mol. The Hall–Kier alpha value is -11.3. The SMILES string of the molecule is c1ccc(N(c2ccc3c(c2)oc2ccc4c(ccc5oc6cc(N(c7ccccc7)c7ccc8c(c7)c7c9ccccc9ccc7n8-c7ccccc7)ccc6c54)c23)c2ccc3c(c2)c2c4ccccc4ccc2n3-c2ccccc2)cc1. The molecule has 18 rings (SSSR count). The number of hydrogen-bond acceptors (Lipinski definition) is 4. The zero-order valence-corrected chi connectivity index (χ0v) is 45.3. The molecule has 84 heavy (non-hydrogen) atoms. The van der Waals surface area contributed by atoms with Crippen molar-refractivity contribution < 1.29 is 8.83 Å². The van der Waals surface area contributed by atoms with Gasteiger partial charge >= 0.3 is 0 Å². The number of fused-ring (bicyclic) bond motifs is 19. The molecule has 0 aliphatic rings. The molecule has 0 fully saturated rings. The van der Waals surface area contributed by atoms with Gasteiger partial charge < -0.3 is 27.8 Å². The van der Waals surface area contributed by atoms with Crippen LogP contribution in [0.5, 0.6) is 0 Å². The fourth-order valence-corrected chi connectivity index (χ4v) is 13.8. The first kappa shape index (κ1) is 46.4. The van der Waals surface area contributed by atoms with Gasteiger partial charge in [0, 0.05) is 101 Å². The first-order valence-corrected chi connectivity index (χ1v) is 28.6. The summed E-state index contributed by atoms with van der Waals surface area (Å²) in [5, 5.41) is 16.3. The Morgan fingerprint density at radius 3 is 1.01 bits per heavy atom. The second kappa shape index (κ2) is 18.1. The lowest BCUT2D eigenvalue weighted by Gasteiger charge is -2.25. The minimum Gasteiger partial charge on any atom is -0.456 e. The first-order valence-electron chi connectivity index (χ1n) is 28.6. The van der Waals surface area contributed by atoms with Crippen LogP contribution < -0.4 is 9.80 Å². The van der Waals surface area contributed by atoms with Crippen molar-refractivity contribution in [2.45, 2.75) is 0 Å². The Labute approximate surface area is 481 Å². The highest BCUT2D eigenvalue weighted by Gasteiger charge is 2.24. The van der Waals surface area contributed by atoms with E-state index in [-0.39, 0.29) is 0 Å². The molecule has 0 saturated heterocycles. The summed E-state index contributed by atoms with van der Waals surface area (Å²) < 4.78 is 18.6. The topological polar surface area (TPSA) is 42.6 Å². The third kappa shape index (κ3) is 6.92. The molecular weight excluding hydrogens is 1020 g/mol. The number of rotatable bonds is 8. The maximum Gasteiger partial charge on any atom is 0.137 e. The lowest BCUT2D eigenvalue weighted by molar-refractivity contribution is 0.668. The number of anilines is 6. The van der Waals surface area contributed by atoms with E-state index in [9.17, 15) is 0 Å². The molecule has 4 heterocycles. The lowest BCUT2D eigenvalue weighted by atomic mass is 9.99. The average Bonchev–Trinajstić information content (AvgIpc) is 2.11. The number of benzene rings is 14. The summed E-state index contributed by atoms with van der Waals surface area (Å²) >= 11 is 0. The Kier molecular flexibility index (Phi) is 9.99. The van der Waals surface area contributed by atoms with E-state index in [1.54, 1.807) is 0 Å². The van der Waals surface area contributed by atoms with Crippen LogP contribution in [0.3, 0.4) is 0 Å². The Morgan fingerprint density at radius 1 is 0.214 bits per heavy atom. The monoisotopic (exact) mass is 1070 g/mol. The quantitative estimate of drug-likeness (QED) is 0.152. The minimum absolute atomic E-state index is 0.822. The molecule has 6 heteroatoms. The third-order valence-electron chi connectivity index (χ3n) is 17.4. The van der Waals surface area contributed by atoms with Gasteiger partial charge in [-0.05, 0) is 178 Å². The zero-order valence-electron chi connectivity index (χ0n) is 45.3. The normalized spacial score (nSPS) is 12.0. The predicted molar refractivity (Wildman–Crippen MR) is 352 cm³/mol. The molecular formula is C78H48N4O2. The molecule has 18 aromatic rings. The van der Waals surface area contributed by atoms with Crippen molar-refractivity contribution in [1.29, 1.82) is 0 Å². The summed E-state index contributed by atoms with van der Waals surface area (Å²) in [5.41, 5.74) is 16.5. The van der Waals surface area contributed by atoms with Crippen molar-refractivity contribution in [1.82, 2.24) is 9.13 Å². The molecule has 0 saturated carbocycles. The number of nitrogens with zero attached hydrogens (tertiary/aromatic N) is 4. The van der Waals surface area contributed by atoms with Gasteiger partial charge in [-0.15, -0.1) is 0 Å². The molecule has 4 aromatic heterocycles. The largest absolute Gasteiger partial charge is 0.456 e. The van der Waals surface area contributed by atoms with Crippen LogP contribution in [0.4, 0.5) is 34.1 Å². The van der Waals surface area contributed by atoms with Crippen LogP contribution in [0.1, 0.15) is 0 Å². The highest BCUT2D eigenvalue weighted by molar-refractivity contribution is 6.28. The van der Waals surface area contributed by atoms with Gasteiger partial charge in [0.05, 0.1) is 22.1 Å². The van der Waals surface area contributed by atoms with Gasteiger partial charge in [0.15, 0.2) is 0 Å². The zero-order chi connectivity index (χ0) is 55.0. The van der Waals surface area contributed by atoms with Gasteiger partial charge in [-0.25, -0.2) is 0 Å². The molecule has 0 atom stereocenters. The van der Waals surface area contributed by atoms with E-state index in [1.807, 2.05) is 0 Å². The number of hydrogen-bond donors (Lipinski definition) is 0. The number of furan rings is 2. The summed E-state index contributed by atoms with van der Waals surface area (Å²) in [6.45, 7) is 0. The van der Waals surface area contributed by atoms with E-state index in [1.165, 1.54) is 54.1 Å². The van der Waals surface area contributed by atoms with Gasteiger partial charge in [0.2, 0.25) is 0 Å². The standard InChI is InChI=1S/C78H48N4O2/c1-5-19-51(20-6-1)79(55-33-41-67-65(45-55)75-59-27-15-13-17-49(59)29-39-69(75)81(67)53-23-9-3-10-24-53)57-31-35-63-73(47-57)83-71-43-37-62-61(77(63)71)38-44-72-78(62)64-36-32-58(48-74(64)84-72)80(52-21-7-2-8-22-52)56-34-42-68-66(46-56)76-60-28-16-14-18-50(60)30-40-70(76)82(68)54-25-11-4-12-26-54/h1-48H. The molecule has 14 aromatic carbocycles. The second-order valence-electron chi connectivity index (χ2n) is 22.0. The molecule has 0 bridgehead atoms. The van der Waals surface area contributed by atoms with Crippen molar-refractivity contribution >= 4 is 154 Å². The van der Waals surface area contributed by atoms with E-state index in [0.717, 1.165) is 111 Å². The molecule has 0 radical (unpaired) electrons. The van der Waals surface area contributed by atoms with Gasteiger partial charge in [-0.1, -0.05) is 133 Å². The van der Waals surface area contributed by atoms with E-state index in [4.69, 9.17) is 8.83 Å². The van der Waals surface area contributed by atoms with Crippen LogP contribution in [0.2, 0.25) is 0 Å². The summed E-state index contributed by atoms with van der Waals surface area (Å²) in [6.07, 6.45) is 0. The van der Waals surface area contributed by atoms with Crippen LogP contribution >= 0.6 is 0 Å². The first-order chi connectivity index (χ1) is 41.7. The Balaban J connectivity index is 0.767. The molecule has 0 N–H and O–H groups in total. The van der Waals surface area contributed by atoms with Crippen molar-refractivity contribution in [2.75, 3.05) is 9.80 Å². The predicted octanol–water partition coefficient (Wildman–Crippen LogP) is 22.1. The van der Waals surface area contributed by atoms with Gasteiger partial charge in [-0.3, -0.25) is 0 Å². The van der Waals surface area contributed by atoms with Gasteiger partial charge in [-0.2, -0.15) is 0 Å². The van der Waals surface area contributed by atoms with E-state index < -0.39 is 0 Å². The van der Waals surface area contributed by atoms with Crippen LogP contribution in [-0.4, -0.2) is 9.13 Å². The van der Waals surface area contributed by atoms with Crippen molar-refractivity contribution in [3.63, 3.8) is 0 Å². The maximum absolute atomic E-state index is 6.89. The molecule has 392 valence electrons. The summed E-state index contributed by atoms with van der Waals surface area (Å²) in [7, 11) is 0. The van der Waals surface area contributed by atoms with E-state index in [2.05, 4.69) is 310 Å². The van der Waals surface area contributed by atoms with E-state index >= 15 is 0 Å². The van der Waals surface area contributed by atoms with Crippen LogP contribution in [0.25, 0.3) is 131 Å². The summed E-state index contributed by atoms with van der Waals surface area (Å²) in [4.78, 5) is 4.69. The summed E-state index contributed by atoms with van der Waals surface area (Å²) in [6, 6.07) is 105. The van der Waals surface area contributed by atoms with Crippen LogP contribution in [0, 0.1) is 0 Å². The second-order valence-corrected chi connectivity index (χ2v) is 22.0. The van der Waals surface area contributed by atoms with Crippen molar-refractivity contribution in [2.24, 2.45) is 0 Å². The Morgan fingerprint density at radius 2 is 0.571 bits per heavy atom. The molecule has 0 aliphatic heterocycles. The highest BCUT2D eigenvalue weighted by Crippen LogP contribution is 2.48. The molecule has 6 nitrogen and oxygen atoms in total. The van der Waals surface area contributed by atoms with Crippen molar-refractivity contribution in [3.05, 3.63) is 291 Å². The third-order valence-corrected chi connectivity index (χ3v) is 17.4. The van der Waals surface area contributed by atoms with Crippen LogP contribution in [0.15, 0.2) is 300 Å². The molecule has 0 amide bonds. The minimum atomic E-state index is 0.822. The smallest absolute Gasteiger partial charge is 0.137 e. The lowest BCUT2D eigenvalue weighted by Crippen LogP contribution is -2.09.